The predicted molar refractivity (Wildman–Crippen MR) is 67.0 cm³/mol. The van der Waals surface area contributed by atoms with Crippen molar-refractivity contribution >= 4 is 0 Å². The molecule has 1 unspecified atom stereocenters. The molecule has 15 heavy (non-hydrogen) atoms. The fourth-order valence-corrected chi connectivity index (χ4v) is 2.44. The molecule has 2 N–H and O–H groups in total. The van der Waals surface area contributed by atoms with Crippen LogP contribution in [0, 0.1) is 5.92 Å². The van der Waals surface area contributed by atoms with Crippen molar-refractivity contribution in [2.45, 2.75) is 58.4 Å². The summed E-state index contributed by atoms with van der Waals surface area (Å²) in [5.41, 5.74) is 6.24. The summed E-state index contributed by atoms with van der Waals surface area (Å²) < 4.78 is 0. The van der Waals surface area contributed by atoms with E-state index in [9.17, 15) is 0 Å². The van der Waals surface area contributed by atoms with Crippen LogP contribution in [0.3, 0.4) is 0 Å². The summed E-state index contributed by atoms with van der Waals surface area (Å²) >= 11 is 0. The molecule has 0 aliphatic heterocycles. The van der Waals surface area contributed by atoms with Crippen LogP contribution in [-0.2, 0) is 0 Å². The van der Waals surface area contributed by atoms with Crippen LogP contribution in [0.4, 0.5) is 0 Å². The zero-order valence-electron chi connectivity index (χ0n) is 10.8. The van der Waals surface area contributed by atoms with Gasteiger partial charge in [0.15, 0.2) is 0 Å². The zero-order chi connectivity index (χ0) is 11.3. The number of hydrogen-bond acceptors (Lipinski definition) is 2. The van der Waals surface area contributed by atoms with Gasteiger partial charge < -0.3 is 5.73 Å². The third kappa shape index (κ3) is 3.76. The number of hydrogen-bond donors (Lipinski definition) is 1. The first-order valence-corrected chi connectivity index (χ1v) is 6.61. The van der Waals surface area contributed by atoms with Crippen molar-refractivity contribution in [3.8, 4) is 0 Å². The van der Waals surface area contributed by atoms with E-state index in [0.29, 0.717) is 0 Å². The molecule has 1 aliphatic rings. The minimum absolute atomic E-state index is 0.255. The van der Waals surface area contributed by atoms with Gasteiger partial charge in [-0.05, 0) is 38.8 Å². The topological polar surface area (TPSA) is 29.3 Å². The molecule has 0 aromatic rings. The molecule has 2 heteroatoms. The highest BCUT2D eigenvalue weighted by molar-refractivity contribution is 4.92. The molecule has 1 atom stereocenters. The van der Waals surface area contributed by atoms with E-state index < -0.39 is 0 Å². The van der Waals surface area contributed by atoms with Gasteiger partial charge in [0.2, 0.25) is 0 Å². The van der Waals surface area contributed by atoms with Crippen LogP contribution in [0.5, 0.6) is 0 Å². The summed E-state index contributed by atoms with van der Waals surface area (Å²) in [7, 11) is 0. The van der Waals surface area contributed by atoms with Crippen molar-refractivity contribution in [1.29, 1.82) is 0 Å². The number of nitrogens with zero attached hydrogens (tertiary/aromatic N) is 1. The van der Waals surface area contributed by atoms with Crippen LogP contribution in [0.25, 0.3) is 0 Å². The lowest BCUT2D eigenvalue weighted by Crippen LogP contribution is -2.52. The molecule has 1 fully saturated rings. The molecular weight excluding hydrogens is 184 g/mol. The Kier molecular flexibility index (Phi) is 5.07. The second kappa shape index (κ2) is 5.86. The van der Waals surface area contributed by atoms with Gasteiger partial charge in [0.1, 0.15) is 0 Å². The summed E-state index contributed by atoms with van der Waals surface area (Å²) in [6.07, 6.45) is 6.75. The molecule has 0 saturated heterocycles. The van der Waals surface area contributed by atoms with Gasteiger partial charge in [0.25, 0.3) is 0 Å². The Bertz CT molecular complexity index is 177. The molecule has 0 bridgehead atoms. The lowest BCUT2D eigenvalue weighted by Gasteiger charge is -2.40. The van der Waals surface area contributed by atoms with E-state index >= 15 is 0 Å². The lowest BCUT2D eigenvalue weighted by molar-refractivity contribution is 0.100. The molecular formula is C13H28N2. The van der Waals surface area contributed by atoms with E-state index in [2.05, 4.69) is 25.7 Å². The molecule has 0 aromatic heterocycles. The van der Waals surface area contributed by atoms with Gasteiger partial charge in [-0.15, -0.1) is 0 Å². The van der Waals surface area contributed by atoms with Crippen molar-refractivity contribution < 1.29 is 0 Å². The highest BCUT2D eigenvalue weighted by Gasteiger charge is 2.35. The summed E-state index contributed by atoms with van der Waals surface area (Å²) in [6.45, 7) is 10.0. The quantitative estimate of drug-likeness (QED) is 0.670. The van der Waals surface area contributed by atoms with E-state index in [0.717, 1.165) is 19.0 Å². The Morgan fingerprint density at radius 3 is 2.40 bits per heavy atom. The van der Waals surface area contributed by atoms with Gasteiger partial charge in [-0.3, -0.25) is 4.90 Å². The van der Waals surface area contributed by atoms with E-state index in [1.807, 2.05) is 0 Å². The second-order valence-electron chi connectivity index (χ2n) is 5.28. The average molecular weight is 212 g/mol. The highest BCUT2D eigenvalue weighted by atomic mass is 15.2. The Labute approximate surface area is 95.2 Å². The molecule has 90 valence electrons. The van der Waals surface area contributed by atoms with Crippen LogP contribution >= 0.6 is 0 Å². The van der Waals surface area contributed by atoms with Crippen LogP contribution in [0.2, 0.25) is 0 Å². The van der Waals surface area contributed by atoms with Gasteiger partial charge in [0.05, 0.1) is 0 Å². The first-order chi connectivity index (χ1) is 7.16. The maximum Gasteiger partial charge on any atom is 0.0306 e. The van der Waals surface area contributed by atoms with Gasteiger partial charge in [0, 0.05) is 12.1 Å². The standard InChI is InChI=1S/C13H28N2/c1-4-6-9-15(5-2)13(3,11-14)10-12-7-8-12/h12H,4-11,14H2,1-3H3. The second-order valence-corrected chi connectivity index (χ2v) is 5.28. The molecule has 0 amide bonds. The fraction of sp³-hybridized carbons (Fsp3) is 1.00. The predicted octanol–water partition coefficient (Wildman–Crippen LogP) is 2.63. The summed E-state index contributed by atoms with van der Waals surface area (Å²) in [5.74, 6) is 0.967. The van der Waals surface area contributed by atoms with Crippen molar-refractivity contribution in [2.75, 3.05) is 19.6 Å². The summed E-state index contributed by atoms with van der Waals surface area (Å²) in [6, 6.07) is 0. The minimum Gasteiger partial charge on any atom is -0.329 e. The van der Waals surface area contributed by atoms with Crippen LogP contribution in [0.15, 0.2) is 0 Å². The van der Waals surface area contributed by atoms with Crippen LogP contribution in [0.1, 0.15) is 52.9 Å². The van der Waals surface area contributed by atoms with E-state index in [1.165, 1.54) is 38.6 Å². The number of nitrogens with two attached hydrogens (primary N) is 1. The van der Waals surface area contributed by atoms with Crippen molar-refractivity contribution in [2.24, 2.45) is 11.7 Å². The van der Waals surface area contributed by atoms with Gasteiger partial charge in [-0.1, -0.05) is 33.1 Å². The van der Waals surface area contributed by atoms with Crippen LogP contribution < -0.4 is 5.73 Å². The summed E-state index contributed by atoms with van der Waals surface area (Å²) in [4.78, 5) is 2.59. The SMILES string of the molecule is CCCCN(CC)C(C)(CN)CC1CC1. The Morgan fingerprint density at radius 1 is 1.33 bits per heavy atom. The van der Waals surface area contributed by atoms with Gasteiger partial charge in [-0.2, -0.15) is 0 Å². The van der Waals surface area contributed by atoms with Gasteiger partial charge in [-0.25, -0.2) is 0 Å². The maximum absolute atomic E-state index is 5.99. The Balaban J connectivity index is 2.49. The zero-order valence-corrected chi connectivity index (χ0v) is 10.8. The molecule has 0 heterocycles. The van der Waals surface area contributed by atoms with E-state index in [-0.39, 0.29) is 5.54 Å². The summed E-state index contributed by atoms with van der Waals surface area (Å²) in [5, 5.41) is 0. The van der Waals surface area contributed by atoms with Crippen molar-refractivity contribution in [1.82, 2.24) is 4.90 Å². The minimum atomic E-state index is 0.255. The molecule has 1 saturated carbocycles. The fourth-order valence-electron chi connectivity index (χ4n) is 2.44. The molecule has 1 aliphatic carbocycles. The largest absolute Gasteiger partial charge is 0.329 e. The van der Waals surface area contributed by atoms with Crippen molar-refractivity contribution in [3.05, 3.63) is 0 Å². The Morgan fingerprint density at radius 2 is 2.00 bits per heavy atom. The number of unbranched alkanes of at least 4 members (excludes halogenated alkanes) is 1. The highest BCUT2D eigenvalue weighted by Crippen LogP contribution is 2.38. The van der Waals surface area contributed by atoms with Crippen molar-refractivity contribution in [3.63, 3.8) is 0 Å². The first kappa shape index (κ1) is 13.0. The first-order valence-electron chi connectivity index (χ1n) is 6.61. The maximum atomic E-state index is 5.99. The van der Waals surface area contributed by atoms with E-state index in [1.54, 1.807) is 0 Å². The molecule has 0 radical (unpaired) electrons. The molecule has 2 nitrogen and oxygen atoms in total. The number of likely N-dealkylation sites (N-methyl/N-ethyl adjacent to an activating group) is 1. The lowest BCUT2D eigenvalue weighted by atomic mass is 9.92. The molecule has 1 rings (SSSR count). The normalized spacial score (nSPS) is 20.6. The smallest absolute Gasteiger partial charge is 0.0306 e. The van der Waals surface area contributed by atoms with E-state index in [4.69, 9.17) is 5.73 Å². The molecule has 0 spiro atoms. The number of rotatable bonds is 8. The Hall–Kier alpha value is -0.0800. The average Bonchev–Trinajstić information content (AvgIpc) is 3.02. The third-order valence-corrected chi connectivity index (χ3v) is 3.79. The van der Waals surface area contributed by atoms with Gasteiger partial charge >= 0.3 is 0 Å². The van der Waals surface area contributed by atoms with Crippen LogP contribution in [-0.4, -0.2) is 30.1 Å². The third-order valence-electron chi connectivity index (χ3n) is 3.79. The monoisotopic (exact) mass is 212 g/mol. The molecule has 0 aromatic carbocycles.